The Bertz CT molecular complexity index is 3820. The second-order valence-electron chi connectivity index (χ2n) is 30.4. The fourth-order valence-electron chi connectivity index (χ4n) is 13.8. The molecular weight excluding hydrogens is 1400 g/mol. The molecule has 30 heteroatoms. The number of nitrogens with zero attached hydrogens (tertiary/aromatic N) is 10. The van der Waals surface area contributed by atoms with Gasteiger partial charge in [-0.15, -0.1) is 10.2 Å². The first-order valence-electron chi connectivity index (χ1n) is 38.0. The number of hydrogen-bond acceptors (Lipinski definition) is 20. The third kappa shape index (κ3) is 23.4. The fraction of sp³-hybridized carbons (Fsp3) is 0.525. The molecular formula is C80H110N18O12. The molecule has 0 unspecified atom stereocenters. The van der Waals surface area contributed by atoms with Crippen LogP contribution in [0.4, 0.5) is 0 Å². The van der Waals surface area contributed by atoms with Crippen LogP contribution in [-0.2, 0) is 86.8 Å². The van der Waals surface area contributed by atoms with Crippen LogP contribution in [0.1, 0.15) is 113 Å². The average molecular weight is 1520 g/mol. The van der Waals surface area contributed by atoms with Gasteiger partial charge in [0.05, 0.1) is 48.6 Å². The molecule has 8 N–H and O–H groups in total. The molecule has 6 aromatic rings. The summed E-state index contributed by atoms with van der Waals surface area (Å²) in [6, 6.07) is 23.4. The summed E-state index contributed by atoms with van der Waals surface area (Å²) in [6.45, 7) is 12.1. The van der Waals surface area contributed by atoms with E-state index in [1.165, 1.54) is 9.80 Å². The molecule has 8 heterocycles. The first-order chi connectivity index (χ1) is 52.6. The number of Topliss-reactive ketones (excluding diaryl/α,β-unsaturated/α-hetero) is 2. The van der Waals surface area contributed by atoms with E-state index in [-0.39, 0.29) is 90.1 Å². The summed E-state index contributed by atoms with van der Waals surface area (Å²) in [5, 5.41) is 41.6. The van der Waals surface area contributed by atoms with Gasteiger partial charge in [-0.1, -0.05) is 123 Å². The summed E-state index contributed by atoms with van der Waals surface area (Å²) >= 11 is 0. The summed E-state index contributed by atoms with van der Waals surface area (Å²) < 4.78 is 15.7. The number of carbonyl (C=O) groups is 10. The molecule has 2 saturated heterocycles. The topological polar surface area (TPSA) is 360 Å². The summed E-state index contributed by atoms with van der Waals surface area (Å²) in [6.07, 6.45) is 3.22. The highest BCUT2D eigenvalue weighted by molar-refractivity contribution is 5.98. The predicted octanol–water partition coefficient (Wildman–Crippen LogP) is 2.57. The lowest BCUT2D eigenvalue weighted by molar-refractivity contribution is -0.143. The van der Waals surface area contributed by atoms with Crippen LogP contribution in [0.5, 0.6) is 11.5 Å². The minimum atomic E-state index is -1.17. The molecule has 110 heavy (non-hydrogen) atoms. The van der Waals surface area contributed by atoms with Crippen LogP contribution < -0.4 is 52.0 Å². The molecule has 0 radical (unpaired) electrons. The molecule has 30 nitrogen and oxygen atoms in total. The summed E-state index contributed by atoms with van der Waals surface area (Å²) in [4.78, 5) is 154. The zero-order chi connectivity index (χ0) is 79.3. The minimum Gasteiger partial charge on any atom is -0.487 e. The van der Waals surface area contributed by atoms with E-state index in [2.05, 4.69) is 63.2 Å². The Morgan fingerprint density at radius 1 is 0.527 bits per heavy atom. The Hall–Kier alpha value is -10.3. The number of nitrogens with one attached hydrogen (secondary N) is 8. The quantitative estimate of drug-likeness (QED) is 0.0484. The van der Waals surface area contributed by atoms with Crippen LogP contribution in [0, 0.1) is 23.7 Å². The number of benzene rings is 4. The summed E-state index contributed by atoms with van der Waals surface area (Å²) in [5.41, 5.74) is 3.70. The van der Waals surface area contributed by atoms with Gasteiger partial charge in [-0.2, -0.15) is 0 Å². The van der Waals surface area contributed by atoms with Crippen LogP contribution in [0.25, 0.3) is 0 Å². The van der Waals surface area contributed by atoms with Crippen molar-refractivity contribution in [3.63, 3.8) is 0 Å². The van der Waals surface area contributed by atoms with Gasteiger partial charge in [0.25, 0.3) is 0 Å². The number of likely N-dealkylation sites (N-methyl/N-ethyl adjacent to an activating group) is 4. The van der Waals surface area contributed by atoms with Crippen molar-refractivity contribution in [3.8, 4) is 11.5 Å². The van der Waals surface area contributed by atoms with Crippen molar-refractivity contribution in [1.82, 2.24) is 92.1 Å². The lowest BCUT2D eigenvalue weighted by Gasteiger charge is -2.32. The smallest absolute Gasteiger partial charge is 0.246 e. The Morgan fingerprint density at radius 3 is 1.45 bits per heavy atom. The second kappa shape index (κ2) is 39.9. The van der Waals surface area contributed by atoms with E-state index in [1.54, 1.807) is 112 Å². The molecule has 6 aliphatic heterocycles. The predicted molar refractivity (Wildman–Crippen MR) is 411 cm³/mol. The molecule has 2 fully saturated rings. The average Bonchev–Trinajstić information content (AvgIpc) is 1.64. The molecule has 12 atom stereocenters. The molecule has 0 saturated carbocycles. The highest BCUT2D eigenvalue weighted by atomic mass is 16.5. The van der Waals surface area contributed by atoms with Crippen LogP contribution in [-0.4, -0.2) is 238 Å². The fourth-order valence-corrected chi connectivity index (χ4v) is 13.8. The zero-order valence-electron chi connectivity index (χ0n) is 65.3. The molecule has 12 bridgehead atoms. The van der Waals surface area contributed by atoms with Crippen molar-refractivity contribution in [1.29, 1.82) is 0 Å². The lowest BCUT2D eigenvalue weighted by atomic mass is 9.89. The van der Waals surface area contributed by atoms with Crippen LogP contribution in [0.15, 0.2) is 122 Å². The largest absolute Gasteiger partial charge is 0.487 e. The number of carbonyl (C=O) groups excluding carboxylic acids is 10. The van der Waals surface area contributed by atoms with E-state index >= 15 is 28.8 Å². The molecule has 0 aliphatic carbocycles. The Labute approximate surface area is 644 Å². The van der Waals surface area contributed by atoms with Gasteiger partial charge in [-0.3, -0.25) is 47.9 Å². The number of rotatable bonds is 22. The highest BCUT2D eigenvalue weighted by Crippen LogP contribution is 2.33. The highest BCUT2D eigenvalue weighted by Gasteiger charge is 2.47. The third-order valence-corrected chi connectivity index (χ3v) is 20.6. The summed E-state index contributed by atoms with van der Waals surface area (Å²) in [7, 11) is 10.8. The van der Waals surface area contributed by atoms with Crippen molar-refractivity contribution in [2.75, 3.05) is 81.6 Å². The van der Waals surface area contributed by atoms with Gasteiger partial charge >= 0.3 is 0 Å². The third-order valence-electron chi connectivity index (χ3n) is 20.6. The van der Waals surface area contributed by atoms with Crippen LogP contribution in [0.3, 0.4) is 0 Å². The number of ketones is 2. The van der Waals surface area contributed by atoms with E-state index in [9.17, 15) is 19.2 Å². The lowest BCUT2D eigenvalue weighted by Crippen LogP contribution is -2.58. The second-order valence-corrected chi connectivity index (χ2v) is 30.4. The van der Waals surface area contributed by atoms with Gasteiger partial charge in [-0.25, -0.2) is 9.36 Å². The van der Waals surface area contributed by atoms with Gasteiger partial charge in [-0.05, 0) is 140 Å². The van der Waals surface area contributed by atoms with Crippen molar-refractivity contribution in [2.45, 2.75) is 167 Å². The van der Waals surface area contributed by atoms with Crippen LogP contribution in [0.2, 0.25) is 0 Å². The maximum atomic E-state index is 15.4. The van der Waals surface area contributed by atoms with Gasteiger partial charge in [0.15, 0.2) is 11.6 Å². The van der Waals surface area contributed by atoms with E-state index in [4.69, 9.17) is 9.47 Å². The first-order valence-corrected chi connectivity index (χ1v) is 38.0. The van der Waals surface area contributed by atoms with Gasteiger partial charge in [0, 0.05) is 76.8 Å². The Kier molecular flexibility index (Phi) is 30.4. The molecule has 2 aromatic heterocycles. The van der Waals surface area contributed by atoms with Crippen molar-refractivity contribution >= 4 is 58.8 Å². The Balaban J connectivity index is 1.07. The SMILES string of the molecule is CN[C@@H](C)C(=O)N[C@H](C(=O)N1C[C@@H]2C[C@H]1C(=O)C[C@@H](Cc1ccccc1)C(=O)N[C@H](C(=O)NCCN(C)C)Cc1ccc(cc1)OCc1cn(nn1)[C@H]1C[C@@H](C(=O)N[C@@H](Cc3ccccc3)C(=O)C[C@H](C(=O)NCCN(C)C)Cc3ccc(cc3)OCc3cn2nn3)N(C(=O)[C@@H](NC(=O)[C@H](C)NC)C(C)C)C1)C(C)C. The van der Waals surface area contributed by atoms with Gasteiger partial charge in [0.2, 0.25) is 47.3 Å². The van der Waals surface area contributed by atoms with E-state index in [0.717, 1.165) is 11.1 Å². The van der Waals surface area contributed by atoms with E-state index in [0.29, 0.717) is 53.6 Å². The number of amides is 8. The minimum absolute atomic E-state index is 0.000772. The molecule has 8 amide bonds. The maximum absolute atomic E-state index is 15.4. The Morgan fingerprint density at radius 2 is 0.982 bits per heavy atom. The number of ether oxygens (including phenoxy) is 2. The molecule has 592 valence electrons. The normalized spacial score (nSPS) is 21.6. The van der Waals surface area contributed by atoms with Crippen LogP contribution >= 0.6 is 0 Å². The van der Waals surface area contributed by atoms with Crippen molar-refractivity contribution in [2.24, 2.45) is 23.7 Å². The standard InChI is InChI=1S/C80H110N18O12/c1-49(2)71(87-73(101)51(5)81-7)79(107)95-45-61-41-67(95)70(100)40-58(35-53-19-15-13-16-20-53)76(104)86-66(77(105)84-32-34-94(11)12)38-56-25-29-64(30-26-56)110-48-60-44-98(92-90-60)62-42-68(96(46-62)80(108)72(50(3)4)88-74(102)52(6)82-8)78(106)85-65(37-54-21-17-14-18-22-54)69(99)39-57(75(103)83-31-33-93(9)10)36-55-23-27-63(28-24-55)109-47-59-43-97(61)91-89-59/h13-30,43-44,49-52,57-58,61-62,65-68,71-72,81-82H,31-42,45-48H2,1-12H3,(H,83,103)(H,84,105)(H,85,106)(H,86,104)(H,87,101)(H,88,102)/t51-,52-,57+,58+,61-,62-,65-,66-,67-,68-,71-,72-/m0/s1. The van der Waals surface area contributed by atoms with Crippen molar-refractivity contribution < 1.29 is 57.4 Å². The van der Waals surface area contributed by atoms with E-state index in [1.807, 2.05) is 113 Å². The number of hydrogen-bond donors (Lipinski definition) is 8. The number of likely N-dealkylation sites (tertiary alicyclic amines) is 2. The number of aromatic nitrogens is 6. The first kappa shape index (κ1) is 83.7. The summed E-state index contributed by atoms with van der Waals surface area (Å²) in [5.74, 6) is -6.51. The molecule has 0 spiro atoms. The van der Waals surface area contributed by atoms with Gasteiger partial charge < -0.3 is 71.6 Å². The zero-order valence-corrected chi connectivity index (χ0v) is 65.3. The molecule has 12 rings (SSSR count). The van der Waals surface area contributed by atoms with E-state index < -0.39 is 137 Å². The molecule has 4 aromatic carbocycles. The van der Waals surface area contributed by atoms with Gasteiger partial charge in [0.1, 0.15) is 60.3 Å². The monoisotopic (exact) mass is 1510 g/mol. The van der Waals surface area contributed by atoms with Crippen molar-refractivity contribution in [3.05, 3.63) is 155 Å². The maximum Gasteiger partial charge on any atom is 0.246 e. The molecule has 6 aliphatic rings.